The lowest BCUT2D eigenvalue weighted by Crippen LogP contribution is -2.30. The van der Waals surface area contributed by atoms with Crippen LogP contribution in [-0.2, 0) is 4.79 Å². The summed E-state index contributed by atoms with van der Waals surface area (Å²) in [6.07, 6.45) is 0. The Bertz CT molecular complexity index is 819. The SMILES string of the molecule is Cc1ccc(O)c(C(=O)N2C[C@H](C(=O)O)[C@@H](c3ccc(F)cc3)C2)c1. The van der Waals surface area contributed by atoms with Crippen molar-refractivity contribution >= 4 is 11.9 Å². The maximum Gasteiger partial charge on any atom is 0.308 e. The molecule has 25 heavy (non-hydrogen) atoms. The molecule has 3 rings (SSSR count). The fourth-order valence-corrected chi connectivity index (χ4v) is 3.26. The number of rotatable bonds is 3. The molecule has 1 aliphatic heterocycles. The number of carboxylic acid groups (broad SMARTS) is 1. The summed E-state index contributed by atoms with van der Waals surface area (Å²) in [7, 11) is 0. The Balaban J connectivity index is 1.89. The van der Waals surface area contributed by atoms with E-state index in [0.29, 0.717) is 5.56 Å². The molecule has 0 unspecified atom stereocenters. The predicted octanol–water partition coefficient (Wildman–Crippen LogP) is 2.78. The predicted molar refractivity (Wildman–Crippen MR) is 89.0 cm³/mol. The molecule has 6 heteroatoms. The average Bonchev–Trinajstić information content (AvgIpc) is 3.02. The quantitative estimate of drug-likeness (QED) is 0.898. The molecule has 2 N–H and O–H groups in total. The summed E-state index contributed by atoms with van der Waals surface area (Å²) in [5.74, 6) is -3.13. The van der Waals surface area contributed by atoms with E-state index in [1.165, 1.54) is 23.1 Å². The van der Waals surface area contributed by atoms with E-state index in [4.69, 9.17) is 0 Å². The number of carboxylic acids is 1. The minimum Gasteiger partial charge on any atom is -0.507 e. The summed E-state index contributed by atoms with van der Waals surface area (Å²) < 4.78 is 13.1. The first-order valence-electron chi connectivity index (χ1n) is 7.94. The molecule has 0 spiro atoms. The largest absolute Gasteiger partial charge is 0.507 e. The first-order chi connectivity index (χ1) is 11.9. The number of likely N-dealkylation sites (tertiary alicyclic amines) is 1. The molecule has 2 aromatic carbocycles. The lowest BCUT2D eigenvalue weighted by molar-refractivity contribution is -0.141. The highest BCUT2D eigenvalue weighted by atomic mass is 19.1. The second-order valence-electron chi connectivity index (χ2n) is 6.33. The van der Waals surface area contributed by atoms with Crippen LogP contribution in [0.1, 0.15) is 27.4 Å². The van der Waals surface area contributed by atoms with Crippen molar-refractivity contribution in [1.29, 1.82) is 0 Å². The molecular weight excluding hydrogens is 325 g/mol. The fraction of sp³-hybridized carbons (Fsp3) is 0.263. The van der Waals surface area contributed by atoms with Crippen molar-refractivity contribution < 1.29 is 24.2 Å². The Labute approximate surface area is 144 Å². The molecule has 1 heterocycles. The number of benzene rings is 2. The average molecular weight is 343 g/mol. The van der Waals surface area contributed by atoms with Gasteiger partial charge in [0.25, 0.3) is 5.91 Å². The van der Waals surface area contributed by atoms with E-state index in [2.05, 4.69) is 0 Å². The second-order valence-corrected chi connectivity index (χ2v) is 6.33. The van der Waals surface area contributed by atoms with Gasteiger partial charge in [0.1, 0.15) is 11.6 Å². The van der Waals surface area contributed by atoms with Crippen LogP contribution in [0, 0.1) is 18.7 Å². The molecule has 130 valence electrons. The number of nitrogens with zero attached hydrogens (tertiary/aromatic N) is 1. The molecular formula is C19H18FNO4. The van der Waals surface area contributed by atoms with E-state index in [-0.39, 0.29) is 24.4 Å². The fourth-order valence-electron chi connectivity index (χ4n) is 3.26. The van der Waals surface area contributed by atoms with Crippen molar-refractivity contribution in [3.05, 3.63) is 65.0 Å². The maximum absolute atomic E-state index is 13.1. The molecule has 2 aromatic rings. The molecule has 0 saturated carbocycles. The van der Waals surface area contributed by atoms with Gasteiger partial charge < -0.3 is 15.1 Å². The monoisotopic (exact) mass is 343 g/mol. The normalized spacial score (nSPS) is 19.8. The number of aryl methyl sites for hydroxylation is 1. The third-order valence-corrected chi connectivity index (χ3v) is 4.60. The smallest absolute Gasteiger partial charge is 0.308 e. The molecule has 0 radical (unpaired) electrons. The van der Waals surface area contributed by atoms with Crippen molar-refractivity contribution in [2.75, 3.05) is 13.1 Å². The number of aliphatic carboxylic acids is 1. The Morgan fingerprint density at radius 2 is 1.80 bits per heavy atom. The summed E-state index contributed by atoms with van der Waals surface area (Å²) in [4.78, 5) is 25.8. The first kappa shape index (κ1) is 17.0. The zero-order valence-corrected chi connectivity index (χ0v) is 13.6. The third-order valence-electron chi connectivity index (χ3n) is 4.60. The van der Waals surface area contributed by atoms with E-state index in [0.717, 1.165) is 5.56 Å². The molecule has 0 aromatic heterocycles. The highest BCUT2D eigenvalue weighted by molar-refractivity contribution is 5.97. The van der Waals surface area contributed by atoms with Crippen LogP contribution in [-0.4, -0.2) is 40.1 Å². The Hall–Kier alpha value is -2.89. The number of carbonyl (C=O) groups excluding carboxylic acids is 1. The maximum atomic E-state index is 13.1. The zero-order chi connectivity index (χ0) is 18.1. The summed E-state index contributed by atoms with van der Waals surface area (Å²) >= 11 is 0. The highest BCUT2D eigenvalue weighted by Crippen LogP contribution is 2.34. The second kappa shape index (κ2) is 6.55. The first-order valence-corrected chi connectivity index (χ1v) is 7.94. The standard InChI is InChI=1S/C19H18FNO4/c1-11-2-7-17(22)14(8-11)18(23)21-9-15(16(10-21)19(24)25)12-3-5-13(20)6-4-12/h2-8,15-16,22H,9-10H2,1H3,(H,24,25)/t15-,16+/m1/s1. The Morgan fingerprint density at radius 3 is 2.44 bits per heavy atom. The van der Waals surface area contributed by atoms with Gasteiger partial charge in [-0.05, 0) is 36.8 Å². The van der Waals surface area contributed by atoms with Crippen LogP contribution >= 0.6 is 0 Å². The molecule has 1 aliphatic rings. The van der Waals surface area contributed by atoms with Gasteiger partial charge in [-0.15, -0.1) is 0 Å². The number of phenolic OH excluding ortho intramolecular Hbond substituents is 1. The molecule has 1 amide bonds. The van der Waals surface area contributed by atoms with E-state index in [9.17, 15) is 24.2 Å². The zero-order valence-electron chi connectivity index (χ0n) is 13.6. The van der Waals surface area contributed by atoms with Crippen molar-refractivity contribution in [2.24, 2.45) is 5.92 Å². The van der Waals surface area contributed by atoms with Crippen LogP contribution in [0.2, 0.25) is 0 Å². The summed E-state index contributed by atoms with van der Waals surface area (Å²) in [5, 5.41) is 19.5. The number of aromatic hydroxyl groups is 1. The highest BCUT2D eigenvalue weighted by Gasteiger charge is 2.41. The minimum absolute atomic E-state index is 0.0452. The molecule has 5 nitrogen and oxygen atoms in total. The van der Waals surface area contributed by atoms with Gasteiger partial charge in [-0.2, -0.15) is 0 Å². The number of amides is 1. The number of halogens is 1. The van der Waals surface area contributed by atoms with Gasteiger partial charge in [-0.1, -0.05) is 23.8 Å². The van der Waals surface area contributed by atoms with E-state index >= 15 is 0 Å². The molecule has 1 fully saturated rings. The van der Waals surface area contributed by atoms with Crippen LogP contribution in [0.3, 0.4) is 0 Å². The van der Waals surface area contributed by atoms with Crippen molar-refractivity contribution in [1.82, 2.24) is 4.90 Å². The van der Waals surface area contributed by atoms with Gasteiger partial charge in [-0.25, -0.2) is 4.39 Å². The Morgan fingerprint density at radius 1 is 1.12 bits per heavy atom. The third kappa shape index (κ3) is 3.33. The van der Waals surface area contributed by atoms with Crippen LogP contribution in [0.25, 0.3) is 0 Å². The van der Waals surface area contributed by atoms with E-state index in [1.807, 2.05) is 6.92 Å². The summed E-state index contributed by atoms with van der Waals surface area (Å²) in [6, 6.07) is 10.4. The van der Waals surface area contributed by atoms with Crippen molar-refractivity contribution in [3.8, 4) is 5.75 Å². The topological polar surface area (TPSA) is 77.8 Å². The van der Waals surface area contributed by atoms with E-state index < -0.39 is 29.5 Å². The van der Waals surface area contributed by atoms with E-state index in [1.54, 1.807) is 24.3 Å². The molecule has 1 saturated heterocycles. The number of phenols is 1. The van der Waals surface area contributed by atoms with Crippen LogP contribution in [0.15, 0.2) is 42.5 Å². The minimum atomic E-state index is -1.00. The lowest BCUT2D eigenvalue weighted by Gasteiger charge is -2.17. The van der Waals surface area contributed by atoms with Crippen molar-refractivity contribution in [2.45, 2.75) is 12.8 Å². The van der Waals surface area contributed by atoms with Crippen LogP contribution in [0.5, 0.6) is 5.75 Å². The van der Waals surface area contributed by atoms with Crippen molar-refractivity contribution in [3.63, 3.8) is 0 Å². The van der Waals surface area contributed by atoms with Gasteiger partial charge in [0.15, 0.2) is 0 Å². The van der Waals surface area contributed by atoms with Crippen LogP contribution < -0.4 is 0 Å². The van der Waals surface area contributed by atoms with Gasteiger partial charge in [-0.3, -0.25) is 9.59 Å². The van der Waals surface area contributed by atoms with Gasteiger partial charge >= 0.3 is 5.97 Å². The number of hydrogen-bond acceptors (Lipinski definition) is 3. The summed E-state index contributed by atoms with van der Waals surface area (Å²) in [5.41, 5.74) is 1.66. The van der Waals surface area contributed by atoms with Gasteiger partial charge in [0, 0.05) is 19.0 Å². The molecule has 0 bridgehead atoms. The summed E-state index contributed by atoms with van der Waals surface area (Å²) in [6.45, 7) is 2.06. The van der Waals surface area contributed by atoms with Gasteiger partial charge in [0.05, 0.1) is 11.5 Å². The molecule has 0 aliphatic carbocycles. The van der Waals surface area contributed by atoms with Gasteiger partial charge in [0.2, 0.25) is 0 Å². The number of carbonyl (C=O) groups is 2. The number of hydrogen-bond donors (Lipinski definition) is 2. The lowest BCUT2D eigenvalue weighted by atomic mass is 9.89. The Kier molecular flexibility index (Phi) is 4.44. The van der Waals surface area contributed by atoms with Crippen LogP contribution in [0.4, 0.5) is 4.39 Å². The molecule has 2 atom stereocenters.